The SMILES string of the molecule is C=C1C=C(OC)CC(OC)=C1. The third-order valence-electron chi connectivity index (χ3n) is 1.57. The van der Waals surface area contributed by atoms with Crippen molar-refractivity contribution < 1.29 is 9.47 Å². The summed E-state index contributed by atoms with van der Waals surface area (Å²) in [5, 5.41) is 0. The van der Waals surface area contributed by atoms with Gasteiger partial charge in [-0.1, -0.05) is 6.58 Å². The van der Waals surface area contributed by atoms with Crippen LogP contribution in [-0.4, -0.2) is 14.2 Å². The zero-order valence-corrected chi connectivity index (χ0v) is 6.89. The Hall–Kier alpha value is -1.18. The number of hydrogen-bond donors (Lipinski definition) is 0. The number of allylic oxidation sites excluding steroid dienone is 3. The molecule has 0 heterocycles. The van der Waals surface area contributed by atoms with E-state index in [9.17, 15) is 0 Å². The van der Waals surface area contributed by atoms with E-state index >= 15 is 0 Å². The molecular weight excluding hydrogens is 140 g/mol. The highest BCUT2D eigenvalue weighted by molar-refractivity contribution is 5.36. The molecule has 0 aromatic rings. The first-order valence-corrected chi connectivity index (χ1v) is 3.44. The van der Waals surface area contributed by atoms with Gasteiger partial charge in [-0.25, -0.2) is 0 Å². The van der Waals surface area contributed by atoms with Crippen molar-refractivity contribution >= 4 is 0 Å². The van der Waals surface area contributed by atoms with Crippen molar-refractivity contribution in [3.63, 3.8) is 0 Å². The van der Waals surface area contributed by atoms with Crippen LogP contribution in [0.2, 0.25) is 0 Å². The molecule has 1 rings (SSSR count). The van der Waals surface area contributed by atoms with E-state index in [0.717, 1.165) is 23.5 Å². The van der Waals surface area contributed by atoms with E-state index in [-0.39, 0.29) is 0 Å². The van der Waals surface area contributed by atoms with Crippen LogP contribution in [0.3, 0.4) is 0 Å². The summed E-state index contributed by atoms with van der Waals surface area (Å²) in [4.78, 5) is 0. The Morgan fingerprint density at radius 2 is 1.64 bits per heavy atom. The van der Waals surface area contributed by atoms with Crippen LogP contribution in [-0.2, 0) is 9.47 Å². The first-order valence-electron chi connectivity index (χ1n) is 3.44. The third-order valence-corrected chi connectivity index (χ3v) is 1.57. The molecule has 0 aromatic carbocycles. The van der Waals surface area contributed by atoms with Gasteiger partial charge in [-0.15, -0.1) is 0 Å². The Bertz CT molecular complexity index is 202. The van der Waals surface area contributed by atoms with Crippen molar-refractivity contribution in [3.8, 4) is 0 Å². The quantitative estimate of drug-likeness (QED) is 0.602. The second-order valence-corrected chi connectivity index (χ2v) is 2.38. The molecule has 0 radical (unpaired) electrons. The van der Waals surface area contributed by atoms with Gasteiger partial charge < -0.3 is 9.47 Å². The van der Waals surface area contributed by atoms with Gasteiger partial charge in [0.1, 0.15) is 11.5 Å². The number of rotatable bonds is 2. The summed E-state index contributed by atoms with van der Waals surface area (Å²) in [6, 6.07) is 0. The molecular formula is C9H12O2. The lowest BCUT2D eigenvalue weighted by Crippen LogP contribution is -1.98. The normalized spacial score (nSPS) is 17.1. The molecule has 0 fully saturated rings. The summed E-state index contributed by atoms with van der Waals surface area (Å²) in [6.45, 7) is 3.80. The van der Waals surface area contributed by atoms with Crippen molar-refractivity contribution in [1.82, 2.24) is 0 Å². The van der Waals surface area contributed by atoms with Gasteiger partial charge in [0, 0.05) is 0 Å². The molecule has 0 amide bonds. The van der Waals surface area contributed by atoms with Crippen molar-refractivity contribution in [1.29, 1.82) is 0 Å². The Balaban J connectivity index is 2.72. The van der Waals surface area contributed by atoms with Gasteiger partial charge in [-0.3, -0.25) is 0 Å². The smallest absolute Gasteiger partial charge is 0.104 e. The highest BCUT2D eigenvalue weighted by Gasteiger charge is 2.08. The minimum absolute atomic E-state index is 0.728. The summed E-state index contributed by atoms with van der Waals surface area (Å²) in [7, 11) is 3.30. The molecule has 0 saturated carbocycles. The summed E-state index contributed by atoms with van der Waals surface area (Å²) in [5.74, 6) is 1.80. The molecule has 0 unspecified atom stereocenters. The molecule has 0 aliphatic heterocycles. The Morgan fingerprint density at radius 3 is 2.00 bits per heavy atom. The Morgan fingerprint density at radius 1 is 1.18 bits per heavy atom. The molecule has 1 aliphatic carbocycles. The van der Waals surface area contributed by atoms with E-state index in [0.29, 0.717) is 0 Å². The standard InChI is InChI=1S/C9H12O2/c1-7-4-8(10-2)6-9(5-7)11-3/h4-5H,1,6H2,2-3H3. The molecule has 0 spiro atoms. The second kappa shape index (κ2) is 3.28. The van der Waals surface area contributed by atoms with E-state index in [1.165, 1.54) is 0 Å². The van der Waals surface area contributed by atoms with E-state index in [2.05, 4.69) is 6.58 Å². The monoisotopic (exact) mass is 152 g/mol. The molecule has 0 aromatic heterocycles. The largest absolute Gasteiger partial charge is 0.501 e. The maximum Gasteiger partial charge on any atom is 0.104 e. The summed E-state index contributed by atoms with van der Waals surface area (Å²) in [6.07, 6.45) is 4.54. The molecule has 0 saturated heterocycles. The van der Waals surface area contributed by atoms with E-state index in [1.54, 1.807) is 14.2 Å². The van der Waals surface area contributed by atoms with Crippen LogP contribution in [0.1, 0.15) is 6.42 Å². The molecule has 0 atom stereocenters. The maximum atomic E-state index is 5.07. The molecule has 11 heavy (non-hydrogen) atoms. The minimum Gasteiger partial charge on any atom is -0.501 e. The van der Waals surface area contributed by atoms with Gasteiger partial charge >= 0.3 is 0 Å². The van der Waals surface area contributed by atoms with Gasteiger partial charge in [0.15, 0.2) is 0 Å². The lowest BCUT2D eigenvalue weighted by molar-refractivity contribution is 0.236. The highest BCUT2D eigenvalue weighted by Crippen LogP contribution is 2.21. The van der Waals surface area contributed by atoms with Crippen LogP contribution in [0.5, 0.6) is 0 Å². The topological polar surface area (TPSA) is 18.5 Å². The van der Waals surface area contributed by atoms with Gasteiger partial charge in [0.05, 0.1) is 20.6 Å². The fourth-order valence-electron chi connectivity index (χ4n) is 0.991. The van der Waals surface area contributed by atoms with E-state index < -0.39 is 0 Å². The van der Waals surface area contributed by atoms with Gasteiger partial charge in [0.25, 0.3) is 0 Å². The molecule has 60 valence electrons. The highest BCUT2D eigenvalue weighted by atomic mass is 16.5. The van der Waals surface area contributed by atoms with Crippen LogP contribution in [0.15, 0.2) is 35.8 Å². The first kappa shape index (κ1) is 7.92. The average Bonchev–Trinajstić information content (AvgIpc) is 2.03. The molecule has 0 bridgehead atoms. The first-order chi connectivity index (χ1) is 5.26. The predicted molar refractivity (Wildman–Crippen MR) is 43.9 cm³/mol. The maximum absolute atomic E-state index is 5.07. The molecule has 2 heteroatoms. The number of hydrogen-bond acceptors (Lipinski definition) is 2. The fraction of sp³-hybridized carbons (Fsp3) is 0.333. The number of ether oxygens (including phenoxy) is 2. The Kier molecular flexibility index (Phi) is 2.36. The lowest BCUT2D eigenvalue weighted by atomic mass is 10.1. The molecule has 0 N–H and O–H groups in total. The van der Waals surface area contributed by atoms with Crippen LogP contribution in [0.4, 0.5) is 0 Å². The van der Waals surface area contributed by atoms with Gasteiger partial charge in [-0.05, 0) is 17.7 Å². The van der Waals surface area contributed by atoms with Crippen LogP contribution in [0, 0.1) is 0 Å². The van der Waals surface area contributed by atoms with Crippen LogP contribution in [0.25, 0.3) is 0 Å². The average molecular weight is 152 g/mol. The van der Waals surface area contributed by atoms with Crippen LogP contribution < -0.4 is 0 Å². The third kappa shape index (κ3) is 1.87. The Labute approximate surface area is 66.8 Å². The van der Waals surface area contributed by atoms with Crippen molar-refractivity contribution in [2.24, 2.45) is 0 Å². The zero-order valence-electron chi connectivity index (χ0n) is 6.89. The zero-order chi connectivity index (χ0) is 8.27. The van der Waals surface area contributed by atoms with Crippen molar-refractivity contribution in [2.45, 2.75) is 6.42 Å². The molecule has 2 nitrogen and oxygen atoms in total. The van der Waals surface area contributed by atoms with Gasteiger partial charge in [0.2, 0.25) is 0 Å². The molecule has 1 aliphatic rings. The van der Waals surface area contributed by atoms with E-state index in [4.69, 9.17) is 9.47 Å². The van der Waals surface area contributed by atoms with Crippen molar-refractivity contribution in [3.05, 3.63) is 35.8 Å². The lowest BCUT2D eigenvalue weighted by Gasteiger charge is -2.13. The second-order valence-electron chi connectivity index (χ2n) is 2.38. The summed E-state index contributed by atoms with van der Waals surface area (Å²) >= 11 is 0. The summed E-state index contributed by atoms with van der Waals surface area (Å²) in [5.41, 5.74) is 0.921. The summed E-state index contributed by atoms with van der Waals surface area (Å²) < 4.78 is 10.1. The predicted octanol–water partition coefficient (Wildman–Crippen LogP) is 2.01. The fourth-order valence-corrected chi connectivity index (χ4v) is 0.991. The van der Waals surface area contributed by atoms with Crippen molar-refractivity contribution in [2.75, 3.05) is 14.2 Å². The minimum atomic E-state index is 0.728. The number of methoxy groups -OCH3 is 2. The van der Waals surface area contributed by atoms with Crippen LogP contribution >= 0.6 is 0 Å². The van der Waals surface area contributed by atoms with E-state index in [1.807, 2.05) is 12.2 Å². The van der Waals surface area contributed by atoms with Gasteiger partial charge in [-0.2, -0.15) is 0 Å².